The van der Waals surface area contributed by atoms with Crippen molar-refractivity contribution in [2.24, 2.45) is 0 Å². The van der Waals surface area contributed by atoms with E-state index in [1.54, 1.807) is 24.3 Å². The summed E-state index contributed by atoms with van der Waals surface area (Å²) in [5.41, 5.74) is 1.16. The van der Waals surface area contributed by atoms with Gasteiger partial charge in [-0.3, -0.25) is 9.00 Å². The van der Waals surface area contributed by atoms with E-state index in [1.165, 1.54) is 6.92 Å². The summed E-state index contributed by atoms with van der Waals surface area (Å²) in [6.45, 7) is 1.49. The lowest BCUT2D eigenvalue weighted by atomic mass is 10.1. The zero-order valence-electron chi connectivity index (χ0n) is 11.3. The second-order valence-electron chi connectivity index (χ2n) is 4.86. The molecule has 5 nitrogen and oxygen atoms in total. The fourth-order valence-electron chi connectivity index (χ4n) is 2.11. The zero-order chi connectivity index (χ0) is 14.5. The molecule has 0 aromatic heterocycles. The molecule has 2 rings (SSSR count). The fourth-order valence-corrected chi connectivity index (χ4v) is 3.41. The fraction of sp³-hybridized carbons (Fsp3) is 0.429. The van der Waals surface area contributed by atoms with Crippen LogP contribution < -0.4 is 10.6 Å². The number of ketones is 1. The van der Waals surface area contributed by atoms with Gasteiger partial charge in [0.15, 0.2) is 5.78 Å². The van der Waals surface area contributed by atoms with Crippen LogP contribution >= 0.6 is 0 Å². The Morgan fingerprint density at radius 3 is 2.60 bits per heavy atom. The molecule has 0 bridgehead atoms. The van der Waals surface area contributed by atoms with Crippen molar-refractivity contribution < 1.29 is 13.8 Å². The van der Waals surface area contributed by atoms with Gasteiger partial charge in [-0.2, -0.15) is 0 Å². The number of urea groups is 1. The SMILES string of the molecule is CC(=O)c1cccc(NC(=O)NC2CCS(=O)CC2)c1. The largest absolute Gasteiger partial charge is 0.335 e. The first-order valence-electron chi connectivity index (χ1n) is 6.58. The summed E-state index contributed by atoms with van der Waals surface area (Å²) < 4.78 is 11.2. The van der Waals surface area contributed by atoms with Crippen molar-refractivity contribution in [1.29, 1.82) is 0 Å². The Morgan fingerprint density at radius 1 is 1.25 bits per heavy atom. The number of rotatable bonds is 3. The number of carbonyl (C=O) groups excluding carboxylic acids is 2. The second-order valence-corrected chi connectivity index (χ2v) is 6.55. The van der Waals surface area contributed by atoms with Gasteiger partial charge >= 0.3 is 6.03 Å². The molecule has 1 saturated heterocycles. The topological polar surface area (TPSA) is 75.3 Å². The zero-order valence-corrected chi connectivity index (χ0v) is 12.2. The number of hydrogen-bond acceptors (Lipinski definition) is 3. The van der Waals surface area contributed by atoms with Crippen molar-refractivity contribution in [3.8, 4) is 0 Å². The van der Waals surface area contributed by atoms with E-state index in [9.17, 15) is 13.8 Å². The molecule has 20 heavy (non-hydrogen) atoms. The number of carbonyl (C=O) groups is 2. The molecular weight excluding hydrogens is 276 g/mol. The predicted octanol–water partition coefficient (Wildman–Crippen LogP) is 1.92. The van der Waals surface area contributed by atoms with Crippen molar-refractivity contribution in [3.63, 3.8) is 0 Å². The van der Waals surface area contributed by atoms with Gasteiger partial charge in [0.1, 0.15) is 0 Å². The minimum Gasteiger partial charge on any atom is -0.335 e. The Morgan fingerprint density at radius 2 is 1.95 bits per heavy atom. The molecule has 0 atom stereocenters. The standard InChI is InChI=1S/C14H18N2O3S/c1-10(17)11-3-2-4-13(9-11)16-14(18)15-12-5-7-20(19)8-6-12/h2-4,9,12H,5-8H2,1H3,(H2,15,16,18). The van der Waals surface area contributed by atoms with Crippen LogP contribution in [0.25, 0.3) is 0 Å². The average Bonchev–Trinajstić information content (AvgIpc) is 2.41. The van der Waals surface area contributed by atoms with Gasteiger partial charge in [0.2, 0.25) is 0 Å². The van der Waals surface area contributed by atoms with Gasteiger partial charge in [-0.15, -0.1) is 0 Å². The van der Waals surface area contributed by atoms with E-state index in [0.29, 0.717) is 22.8 Å². The summed E-state index contributed by atoms with van der Waals surface area (Å²) in [5, 5.41) is 5.58. The summed E-state index contributed by atoms with van der Waals surface area (Å²) in [6, 6.07) is 6.62. The predicted molar refractivity (Wildman–Crippen MR) is 79.5 cm³/mol. The Hall–Kier alpha value is -1.69. The van der Waals surface area contributed by atoms with Crippen molar-refractivity contribution in [3.05, 3.63) is 29.8 Å². The van der Waals surface area contributed by atoms with Gasteiger partial charge in [-0.1, -0.05) is 12.1 Å². The third-order valence-corrected chi connectivity index (χ3v) is 4.63. The Labute approximate surface area is 120 Å². The molecule has 1 aromatic rings. The van der Waals surface area contributed by atoms with Crippen LogP contribution in [-0.2, 0) is 10.8 Å². The van der Waals surface area contributed by atoms with E-state index in [4.69, 9.17) is 0 Å². The van der Waals surface area contributed by atoms with Crippen molar-refractivity contribution in [2.45, 2.75) is 25.8 Å². The maximum Gasteiger partial charge on any atom is 0.319 e. The van der Waals surface area contributed by atoms with Crippen LogP contribution in [0.5, 0.6) is 0 Å². The van der Waals surface area contributed by atoms with Crippen LogP contribution in [0.2, 0.25) is 0 Å². The molecule has 6 heteroatoms. The molecule has 2 N–H and O–H groups in total. The van der Waals surface area contributed by atoms with Gasteiger partial charge in [0, 0.05) is 39.6 Å². The number of amides is 2. The molecule has 108 valence electrons. The normalized spacial score (nSPS) is 22.1. The summed E-state index contributed by atoms with van der Waals surface area (Å²) in [6.07, 6.45) is 1.49. The van der Waals surface area contributed by atoms with Crippen LogP contribution in [0.3, 0.4) is 0 Å². The van der Waals surface area contributed by atoms with Crippen LogP contribution in [0.4, 0.5) is 10.5 Å². The average molecular weight is 294 g/mol. The van der Waals surface area contributed by atoms with Gasteiger partial charge in [-0.05, 0) is 31.9 Å². The van der Waals surface area contributed by atoms with Gasteiger partial charge in [0.25, 0.3) is 0 Å². The van der Waals surface area contributed by atoms with E-state index in [1.807, 2.05) is 0 Å². The lowest BCUT2D eigenvalue weighted by Crippen LogP contribution is -2.41. The van der Waals surface area contributed by atoms with E-state index in [2.05, 4.69) is 10.6 Å². The highest BCUT2D eigenvalue weighted by Gasteiger charge is 2.19. The lowest BCUT2D eigenvalue weighted by Gasteiger charge is -2.22. The molecule has 0 aliphatic carbocycles. The lowest BCUT2D eigenvalue weighted by molar-refractivity contribution is 0.101. The number of benzene rings is 1. The van der Waals surface area contributed by atoms with Crippen molar-refractivity contribution in [1.82, 2.24) is 5.32 Å². The number of Topliss-reactive ketones (excluding diaryl/α,β-unsaturated/α-hetero) is 1. The van der Waals surface area contributed by atoms with Crippen LogP contribution in [0, 0.1) is 0 Å². The molecule has 0 unspecified atom stereocenters. The monoisotopic (exact) mass is 294 g/mol. The highest BCUT2D eigenvalue weighted by molar-refractivity contribution is 7.85. The molecule has 1 fully saturated rings. The molecule has 0 saturated carbocycles. The minimum atomic E-state index is -0.731. The number of nitrogens with one attached hydrogen (secondary N) is 2. The van der Waals surface area contributed by atoms with E-state index in [-0.39, 0.29) is 17.9 Å². The molecule has 1 aromatic carbocycles. The Kier molecular flexibility index (Phi) is 4.89. The third kappa shape index (κ3) is 4.16. The van der Waals surface area contributed by atoms with Gasteiger partial charge < -0.3 is 10.6 Å². The molecule has 0 radical (unpaired) electrons. The summed E-state index contributed by atoms with van der Waals surface area (Å²) in [5.74, 6) is 1.25. The number of anilines is 1. The first-order valence-corrected chi connectivity index (χ1v) is 8.07. The molecule has 2 amide bonds. The maximum absolute atomic E-state index is 11.9. The van der Waals surface area contributed by atoms with Gasteiger partial charge in [-0.25, -0.2) is 4.79 Å². The van der Waals surface area contributed by atoms with Crippen LogP contribution in [-0.4, -0.2) is 33.6 Å². The smallest absolute Gasteiger partial charge is 0.319 e. The molecule has 0 spiro atoms. The van der Waals surface area contributed by atoms with E-state index >= 15 is 0 Å². The Bertz CT molecular complexity index is 535. The highest BCUT2D eigenvalue weighted by Crippen LogP contribution is 2.12. The quantitative estimate of drug-likeness (QED) is 0.836. The Balaban J connectivity index is 1.89. The van der Waals surface area contributed by atoms with Crippen LogP contribution in [0.1, 0.15) is 30.1 Å². The van der Waals surface area contributed by atoms with E-state index in [0.717, 1.165) is 12.8 Å². The molecule has 1 aliphatic heterocycles. The minimum absolute atomic E-state index is 0.0381. The van der Waals surface area contributed by atoms with Crippen molar-refractivity contribution in [2.75, 3.05) is 16.8 Å². The first-order chi connectivity index (χ1) is 9.54. The summed E-state index contributed by atoms with van der Waals surface area (Å²) in [4.78, 5) is 23.1. The summed E-state index contributed by atoms with van der Waals surface area (Å²) in [7, 11) is -0.731. The highest BCUT2D eigenvalue weighted by atomic mass is 32.2. The second kappa shape index (κ2) is 6.65. The van der Waals surface area contributed by atoms with E-state index < -0.39 is 10.8 Å². The van der Waals surface area contributed by atoms with Gasteiger partial charge in [0.05, 0.1) is 0 Å². The maximum atomic E-state index is 11.9. The molecule has 1 aliphatic rings. The van der Waals surface area contributed by atoms with Crippen LogP contribution in [0.15, 0.2) is 24.3 Å². The molecule has 1 heterocycles. The first kappa shape index (κ1) is 14.7. The summed E-state index contributed by atoms with van der Waals surface area (Å²) >= 11 is 0. The molecular formula is C14H18N2O3S. The third-order valence-electron chi connectivity index (χ3n) is 3.25. The van der Waals surface area contributed by atoms with Crippen molar-refractivity contribution >= 4 is 28.3 Å². The number of hydrogen-bond donors (Lipinski definition) is 2.